The average Bonchev–Trinajstić information content (AvgIpc) is 2.85. The fourth-order valence-electron chi connectivity index (χ4n) is 2.47. The third kappa shape index (κ3) is 3.71. The molecule has 20 heavy (non-hydrogen) atoms. The van der Waals surface area contributed by atoms with Crippen molar-refractivity contribution in [3.63, 3.8) is 0 Å². The van der Waals surface area contributed by atoms with Crippen LogP contribution in [0.3, 0.4) is 0 Å². The van der Waals surface area contributed by atoms with Gasteiger partial charge in [0.2, 0.25) is 10.0 Å². The molecule has 0 bridgehead atoms. The lowest BCUT2D eigenvalue weighted by Gasteiger charge is -2.26. The van der Waals surface area contributed by atoms with Gasteiger partial charge in [-0.3, -0.25) is 0 Å². The number of hydrogen-bond donors (Lipinski definition) is 1. The van der Waals surface area contributed by atoms with E-state index in [9.17, 15) is 8.42 Å². The molecule has 7 heteroatoms. The van der Waals surface area contributed by atoms with Crippen LogP contribution in [0.4, 0.5) is 0 Å². The molecule has 3 nitrogen and oxygen atoms in total. The summed E-state index contributed by atoms with van der Waals surface area (Å²) in [6.45, 7) is 0.461. The highest BCUT2D eigenvalue weighted by molar-refractivity contribution is 9.10. The van der Waals surface area contributed by atoms with Crippen molar-refractivity contribution in [2.75, 3.05) is 12.8 Å². The van der Waals surface area contributed by atoms with Gasteiger partial charge in [0.25, 0.3) is 0 Å². The molecule has 1 aliphatic rings. The second-order valence-electron chi connectivity index (χ2n) is 4.99. The van der Waals surface area contributed by atoms with Crippen LogP contribution in [0.5, 0.6) is 0 Å². The number of thioether (sulfide) groups is 1. The lowest BCUT2D eigenvalue weighted by molar-refractivity contribution is 0.551. The van der Waals surface area contributed by atoms with E-state index in [0.717, 1.165) is 17.3 Å². The van der Waals surface area contributed by atoms with E-state index in [4.69, 9.17) is 11.6 Å². The lowest BCUT2D eigenvalue weighted by atomic mass is 10.1. The molecule has 1 aromatic carbocycles. The number of benzene rings is 1. The molecule has 0 spiro atoms. The molecular weight excluding hydrogens is 382 g/mol. The van der Waals surface area contributed by atoms with Crippen LogP contribution < -0.4 is 4.72 Å². The maximum atomic E-state index is 12.4. The van der Waals surface area contributed by atoms with Gasteiger partial charge in [-0.25, -0.2) is 13.1 Å². The van der Waals surface area contributed by atoms with E-state index in [1.807, 2.05) is 6.26 Å². The van der Waals surface area contributed by atoms with Crippen LogP contribution in [0.1, 0.15) is 25.7 Å². The second-order valence-corrected chi connectivity index (χ2v) is 9.33. The topological polar surface area (TPSA) is 46.2 Å². The first-order chi connectivity index (χ1) is 9.38. The van der Waals surface area contributed by atoms with Crippen LogP contribution in [0.25, 0.3) is 0 Å². The normalized spacial score (nSPS) is 18.4. The first kappa shape index (κ1) is 16.6. The summed E-state index contributed by atoms with van der Waals surface area (Å²) >= 11 is 11.1. The first-order valence-electron chi connectivity index (χ1n) is 6.38. The SMILES string of the molecule is CSC1(CNS(=O)(=O)c2ccc(Br)cc2Cl)CCCC1. The third-order valence-electron chi connectivity index (χ3n) is 3.72. The lowest BCUT2D eigenvalue weighted by Crippen LogP contribution is -2.38. The van der Waals surface area contributed by atoms with Crippen LogP contribution in [0, 0.1) is 0 Å². The fourth-order valence-corrected chi connectivity index (χ4v) is 5.64. The highest BCUT2D eigenvalue weighted by atomic mass is 79.9. The van der Waals surface area contributed by atoms with Gasteiger partial charge < -0.3 is 0 Å². The summed E-state index contributed by atoms with van der Waals surface area (Å²) in [7, 11) is -3.56. The number of hydrogen-bond acceptors (Lipinski definition) is 3. The maximum Gasteiger partial charge on any atom is 0.242 e. The van der Waals surface area contributed by atoms with Crippen molar-refractivity contribution >= 4 is 49.3 Å². The van der Waals surface area contributed by atoms with Crippen molar-refractivity contribution < 1.29 is 8.42 Å². The van der Waals surface area contributed by atoms with E-state index in [1.54, 1.807) is 23.9 Å². The maximum absolute atomic E-state index is 12.4. The summed E-state index contributed by atoms with van der Waals surface area (Å²) in [6, 6.07) is 4.80. The van der Waals surface area contributed by atoms with Crippen molar-refractivity contribution in [3.8, 4) is 0 Å². The minimum absolute atomic E-state index is 0.0366. The van der Waals surface area contributed by atoms with E-state index in [0.29, 0.717) is 6.54 Å². The Morgan fingerprint density at radius 2 is 2.05 bits per heavy atom. The van der Waals surface area contributed by atoms with Crippen LogP contribution in [-0.4, -0.2) is 26.0 Å². The van der Waals surface area contributed by atoms with Crippen molar-refractivity contribution in [2.24, 2.45) is 0 Å². The number of halogens is 2. The fraction of sp³-hybridized carbons (Fsp3) is 0.538. The number of nitrogens with one attached hydrogen (secondary N) is 1. The summed E-state index contributed by atoms with van der Waals surface area (Å²) in [5.74, 6) is 0. The molecule has 0 aromatic heterocycles. The molecule has 112 valence electrons. The molecule has 0 unspecified atom stereocenters. The van der Waals surface area contributed by atoms with Gasteiger partial charge in [0.05, 0.1) is 5.02 Å². The zero-order valence-electron chi connectivity index (χ0n) is 11.2. The Bertz CT molecular complexity index is 586. The molecule has 0 heterocycles. The Labute approximate surface area is 138 Å². The van der Waals surface area contributed by atoms with Gasteiger partial charge in [-0.15, -0.1) is 0 Å². The van der Waals surface area contributed by atoms with Crippen molar-refractivity contribution in [2.45, 2.75) is 35.3 Å². The van der Waals surface area contributed by atoms with Gasteiger partial charge in [0, 0.05) is 15.8 Å². The highest BCUT2D eigenvalue weighted by Gasteiger charge is 2.34. The average molecular weight is 399 g/mol. The Hall–Kier alpha value is 0.250. The van der Waals surface area contributed by atoms with Gasteiger partial charge >= 0.3 is 0 Å². The van der Waals surface area contributed by atoms with Gasteiger partial charge in [-0.05, 0) is 37.3 Å². The van der Waals surface area contributed by atoms with Crippen LogP contribution in [0.2, 0.25) is 5.02 Å². The molecule has 0 aliphatic heterocycles. The summed E-state index contributed by atoms with van der Waals surface area (Å²) in [6.07, 6.45) is 6.50. The molecule has 1 fully saturated rings. The van der Waals surface area contributed by atoms with Crippen molar-refractivity contribution in [1.82, 2.24) is 4.72 Å². The quantitative estimate of drug-likeness (QED) is 0.813. The van der Waals surface area contributed by atoms with Crippen LogP contribution >= 0.6 is 39.3 Å². The molecule has 2 rings (SSSR count). The second kappa shape index (κ2) is 6.57. The monoisotopic (exact) mass is 397 g/mol. The summed E-state index contributed by atoms with van der Waals surface area (Å²) in [5, 5.41) is 0.233. The van der Waals surface area contributed by atoms with Crippen LogP contribution in [0.15, 0.2) is 27.6 Å². The summed E-state index contributed by atoms with van der Waals surface area (Å²) < 4.78 is 28.2. The smallest absolute Gasteiger partial charge is 0.210 e. The predicted octanol–water partition coefficient (Wildman–Crippen LogP) is 4.06. The largest absolute Gasteiger partial charge is 0.242 e. The molecule has 0 atom stereocenters. The molecule has 1 saturated carbocycles. The zero-order chi connectivity index (χ0) is 14.8. The minimum atomic E-state index is -3.56. The third-order valence-corrected chi connectivity index (χ3v) is 7.51. The minimum Gasteiger partial charge on any atom is -0.210 e. The van der Waals surface area contributed by atoms with Crippen LogP contribution in [-0.2, 0) is 10.0 Å². The highest BCUT2D eigenvalue weighted by Crippen LogP contribution is 2.40. The van der Waals surface area contributed by atoms with Crippen molar-refractivity contribution in [3.05, 3.63) is 27.7 Å². The number of sulfonamides is 1. The predicted molar refractivity (Wildman–Crippen MR) is 89.1 cm³/mol. The molecule has 0 saturated heterocycles. The van der Waals surface area contributed by atoms with E-state index in [1.165, 1.54) is 18.9 Å². The number of rotatable bonds is 5. The first-order valence-corrected chi connectivity index (χ1v) is 10.3. The van der Waals surface area contributed by atoms with Gasteiger partial charge in [-0.2, -0.15) is 11.8 Å². The Balaban J connectivity index is 2.15. The molecular formula is C13H17BrClNO2S2. The standard InChI is InChI=1S/C13H17BrClNO2S2/c1-19-13(6-2-3-7-13)9-16-20(17,18)12-5-4-10(14)8-11(12)15/h4-5,8,16H,2-3,6-7,9H2,1H3. The Kier molecular flexibility index (Phi) is 5.46. The molecule has 1 aromatic rings. The van der Waals surface area contributed by atoms with E-state index >= 15 is 0 Å². The Morgan fingerprint density at radius 1 is 1.40 bits per heavy atom. The van der Waals surface area contributed by atoms with Gasteiger partial charge in [-0.1, -0.05) is 40.4 Å². The Morgan fingerprint density at radius 3 is 2.60 bits per heavy atom. The van der Waals surface area contributed by atoms with Gasteiger partial charge in [0.15, 0.2) is 0 Å². The van der Waals surface area contributed by atoms with Gasteiger partial charge in [0.1, 0.15) is 4.90 Å². The van der Waals surface area contributed by atoms with E-state index in [-0.39, 0.29) is 14.7 Å². The van der Waals surface area contributed by atoms with E-state index < -0.39 is 10.0 Å². The summed E-state index contributed by atoms with van der Waals surface area (Å²) in [5.41, 5.74) is 0. The zero-order valence-corrected chi connectivity index (χ0v) is 15.1. The molecule has 1 aliphatic carbocycles. The summed E-state index contributed by atoms with van der Waals surface area (Å²) in [4.78, 5) is 0.136. The van der Waals surface area contributed by atoms with E-state index in [2.05, 4.69) is 20.7 Å². The molecule has 0 amide bonds. The molecule has 1 N–H and O–H groups in total. The van der Waals surface area contributed by atoms with Crippen molar-refractivity contribution in [1.29, 1.82) is 0 Å². The molecule has 0 radical (unpaired) electrons.